The van der Waals surface area contributed by atoms with Gasteiger partial charge in [0.2, 0.25) is 11.8 Å². The van der Waals surface area contributed by atoms with E-state index in [0.717, 1.165) is 31.2 Å². The van der Waals surface area contributed by atoms with Gasteiger partial charge in [0.25, 0.3) is 5.56 Å². The highest BCUT2D eigenvalue weighted by Crippen LogP contribution is 2.32. The minimum Gasteiger partial charge on any atom is -0.467 e. The average molecular weight is 573 g/mol. The summed E-state index contributed by atoms with van der Waals surface area (Å²) in [6.45, 7) is 3.31. The van der Waals surface area contributed by atoms with E-state index in [-0.39, 0.29) is 29.2 Å². The zero-order valence-corrected chi connectivity index (χ0v) is 24.1. The Labute approximate surface area is 243 Å². The molecule has 0 bridgehead atoms. The van der Waals surface area contributed by atoms with E-state index < -0.39 is 5.25 Å². The number of nitrogens with zero attached hydrogens (tertiary/aromatic N) is 2. The highest BCUT2D eigenvalue weighted by atomic mass is 32.2. The number of amides is 2. The quantitative estimate of drug-likeness (QED) is 0.187. The lowest BCUT2D eigenvalue weighted by atomic mass is 9.81. The molecule has 1 aliphatic carbocycles. The van der Waals surface area contributed by atoms with Gasteiger partial charge in [0.05, 0.1) is 29.0 Å². The summed E-state index contributed by atoms with van der Waals surface area (Å²) in [6.07, 6.45) is 5.45. The maximum absolute atomic E-state index is 13.7. The zero-order valence-electron chi connectivity index (χ0n) is 23.3. The van der Waals surface area contributed by atoms with Gasteiger partial charge in [-0.25, -0.2) is 4.98 Å². The molecule has 1 fully saturated rings. The van der Waals surface area contributed by atoms with E-state index >= 15 is 0 Å². The zero-order chi connectivity index (χ0) is 28.6. The number of para-hydroxylation sites is 1. The maximum Gasteiger partial charge on any atom is 0.262 e. The predicted octanol–water partition coefficient (Wildman–Crippen LogP) is 5.30. The van der Waals surface area contributed by atoms with Crippen molar-refractivity contribution in [2.75, 3.05) is 0 Å². The van der Waals surface area contributed by atoms with Crippen molar-refractivity contribution < 1.29 is 14.0 Å². The van der Waals surface area contributed by atoms with Crippen LogP contribution in [0.1, 0.15) is 50.4 Å². The molecule has 1 saturated carbocycles. The summed E-state index contributed by atoms with van der Waals surface area (Å²) in [5.41, 5.74) is 1.62. The Bertz CT molecular complexity index is 1510. The van der Waals surface area contributed by atoms with Crippen molar-refractivity contribution >= 4 is 34.5 Å². The number of hydrogen-bond acceptors (Lipinski definition) is 6. The molecule has 1 atom stereocenters. The third-order valence-electron chi connectivity index (χ3n) is 7.72. The number of fused-ring (bicyclic) bond motifs is 1. The summed E-state index contributed by atoms with van der Waals surface area (Å²) >= 11 is 1.33. The smallest absolute Gasteiger partial charge is 0.262 e. The van der Waals surface area contributed by atoms with Gasteiger partial charge in [0, 0.05) is 19.0 Å². The summed E-state index contributed by atoms with van der Waals surface area (Å²) in [6, 6.07) is 20.9. The lowest BCUT2D eigenvalue weighted by molar-refractivity contribution is -0.126. The highest BCUT2D eigenvalue weighted by molar-refractivity contribution is 8.00. The van der Waals surface area contributed by atoms with Crippen molar-refractivity contribution in [2.24, 2.45) is 11.8 Å². The highest BCUT2D eigenvalue weighted by Gasteiger charge is 2.28. The van der Waals surface area contributed by atoms with Gasteiger partial charge in [-0.05, 0) is 67.9 Å². The first kappa shape index (κ1) is 28.7. The molecule has 0 aliphatic heterocycles. The molecule has 2 amide bonds. The van der Waals surface area contributed by atoms with Crippen molar-refractivity contribution in [1.29, 1.82) is 0 Å². The van der Waals surface area contributed by atoms with Crippen LogP contribution in [0, 0.1) is 11.8 Å². The summed E-state index contributed by atoms with van der Waals surface area (Å²) in [5, 5.41) is 6.73. The minimum absolute atomic E-state index is 0.0161. The topological polar surface area (TPSA) is 106 Å². The molecule has 5 rings (SSSR count). The van der Waals surface area contributed by atoms with Gasteiger partial charge in [0.1, 0.15) is 5.76 Å². The van der Waals surface area contributed by atoms with E-state index in [1.54, 1.807) is 23.0 Å². The Morgan fingerprint density at radius 3 is 2.46 bits per heavy atom. The van der Waals surface area contributed by atoms with Crippen LogP contribution in [0.2, 0.25) is 0 Å². The van der Waals surface area contributed by atoms with Crippen LogP contribution in [0.4, 0.5) is 0 Å². The fourth-order valence-electron chi connectivity index (χ4n) is 5.34. The average Bonchev–Trinajstić information content (AvgIpc) is 3.54. The van der Waals surface area contributed by atoms with Crippen LogP contribution in [0.3, 0.4) is 0 Å². The lowest BCUT2D eigenvalue weighted by Crippen LogP contribution is -2.35. The molecule has 1 aliphatic rings. The van der Waals surface area contributed by atoms with Crippen LogP contribution in [0.25, 0.3) is 10.9 Å². The number of carbonyl (C=O) groups is 2. The second-order valence-corrected chi connectivity index (χ2v) is 11.7. The Morgan fingerprint density at radius 1 is 0.976 bits per heavy atom. The van der Waals surface area contributed by atoms with Gasteiger partial charge >= 0.3 is 0 Å². The number of thioether (sulfide) groups is 1. The van der Waals surface area contributed by atoms with E-state index in [1.807, 2.05) is 61.5 Å². The second-order valence-electron chi connectivity index (χ2n) is 10.6. The molecule has 2 heterocycles. The third-order valence-corrected chi connectivity index (χ3v) is 9.08. The molecule has 0 radical (unpaired) electrons. The summed E-state index contributed by atoms with van der Waals surface area (Å²) < 4.78 is 7.08. The first-order valence-corrected chi connectivity index (χ1v) is 15.2. The van der Waals surface area contributed by atoms with Crippen molar-refractivity contribution in [3.05, 3.63) is 94.7 Å². The first-order chi connectivity index (χ1) is 20.0. The predicted molar refractivity (Wildman–Crippen MR) is 160 cm³/mol. The van der Waals surface area contributed by atoms with Crippen LogP contribution >= 0.6 is 11.8 Å². The second kappa shape index (κ2) is 13.7. The number of hydrogen-bond donors (Lipinski definition) is 2. The molecular weight excluding hydrogens is 536 g/mol. The van der Waals surface area contributed by atoms with Gasteiger partial charge in [-0.15, -0.1) is 0 Å². The molecule has 2 N–H and O–H groups in total. The monoisotopic (exact) mass is 572 g/mol. The van der Waals surface area contributed by atoms with E-state index in [2.05, 4.69) is 10.6 Å². The molecular formula is C32H36N4O4S. The molecule has 4 aromatic rings. The van der Waals surface area contributed by atoms with Crippen molar-refractivity contribution in [3.8, 4) is 0 Å². The normalized spacial score (nSPS) is 17.7. The molecule has 41 heavy (non-hydrogen) atoms. The maximum atomic E-state index is 13.7. The summed E-state index contributed by atoms with van der Waals surface area (Å²) in [7, 11) is 0. The molecule has 0 saturated heterocycles. The molecule has 214 valence electrons. The van der Waals surface area contributed by atoms with Crippen LogP contribution < -0.4 is 16.2 Å². The molecule has 0 spiro atoms. The number of aromatic nitrogens is 2. The van der Waals surface area contributed by atoms with E-state index in [1.165, 1.54) is 11.8 Å². The molecule has 0 unspecified atom stereocenters. The van der Waals surface area contributed by atoms with Gasteiger partial charge in [-0.3, -0.25) is 19.0 Å². The van der Waals surface area contributed by atoms with E-state index in [4.69, 9.17) is 9.40 Å². The van der Waals surface area contributed by atoms with Crippen LogP contribution in [0.15, 0.2) is 87.4 Å². The number of nitrogens with one attached hydrogen (secondary N) is 2. The lowest BCUT2D eigenvalue weighted by Gasteiger charge is -2.29. The SMILES string of the molecule is CC[C@H](Sc1nc2ccccc2c(=O)n1CC1CCC(C(=O)NCc2ccccc2)CC1)C(=O)NCc1ccco1. The van der Waals surface area contributed by atoms with E-state index in [9.17, 15) is 14.4 Å². The minimum atomic E-state index is -0.409. The Kier molecular flexibility index (Phi) is 9.56. The number of rotatable bonds is 11. The summed E-state index contributed by atoms with van der Waals surface area (Å²) in [4.78, 5) is 44.4. The fourth-order valence-corrected chi connectivity index (χ4v) is 6.39. The van der Waals surface area contributed by atoms with Crippen LogP contribution in [-0.2, 0) is 29.2 Å². The largest absolute Gasteiger partial charge is 0.467 e. The van der Waals surface area contributed by atoms with Crippen LogP contribution in [-0.4, -0.2) is 26.6 Å². The summed E-state index contributed by atoms with van der Waals surface area (Å²) in [5.74, 6) is 0.895. The molecule has 2 aromatic heterocycles. The number of carbonyl (C=O) groups excluding carboxylic acids is 2. The Hall–Kier alpha value is -3.85. The Morgan fingerprint density at radius 2 is 1.73 bits per heavy atom. The van der Waals surface area contributed by atoms with Gasteiger partial charge < -0.3 is 15.1 Å². The van der Waals surface area contributed by atoms with Crippen molar-refractivity contribution in [1.82, 2.24) is 20.2 Å². The molecule has 2 aromatic carbocycles. The van der Waals surface area contributed by atoms with Gasteiger partial charge in [0.15, 0.2) is 5.16 Å². The standard InChI is InChI=1S/C32H36N4O4S/c1-2-28(30(38)34-20-25-11-8-18-40-25)41-32-35-27-13-7-6-12-26(27)31(39)36(32)21-23-14-16-24(17-15-23)29(37)33-19-22-9-4-3-5-10-22/h3-13,18,23-24,28H,2,14-17,19-21H2,1H3,(H,33,37)(H,34,38)/t23?,24?,28-/m0/s1. The molecule has 9 heteroatoms. The Balaban J connectivity index is 1.26. The molecule has 8 nitrogen and oxygen atoms in total. The van der Waals surface area contributed by atoms with E-state index in [0.29, 0.717) is 47.9 Å². The number of benzene rings is 2. The first-order valence-electron chi connectivity index (χ1n) is 14.3. The van der Waals surface area contributed by atoms with Crippen molar-refractivity contribution in [3.63, 3.8) is 0 Å². The third kappa shape index (κ3) is 7.27. The van der Waals surface area contributed by atoms with Crippen LogP contribution in [0.5, 0.6) is 0 Å². The van der Waals surface area contributed by atoms with Gasteiger partial charge in [-0.2, -0.15) is 0 Å². The number of furan rings is 1. The fraction of sp³-hybridized carbons (Fsp3) is 0.375. The van der Waals surface area contributed by atoms with Crippen molar-refractivity contribution in [2.45, 2.75) is 69.1 Å². The van der Waals surface area contributed by atoms with Gasteiger partial charge in [-0.1, -0.05) is 61.2 Å².